The molecule has 1 aromatic heterocycles. The summed E-state index contributed by atoms with van der Waals surface area (Å²) in [4.78, 5) is 11.9. The Bertz CT molecular complexity index is 638. The lowest BCUT2D eigenvalue weighted by Crippen LogP contribution is -2.25. The van der Waals surface area contributed by atoms with Gasteiger partial charge in [-0.05, 0) is 12.5 Å². The van der Waals surface area contributed by atoms with Crippen molar-refractivity contribution in [3.8, 4) is 0 Å². The summed E-state index contributed by atoms with van der Waals surface area (Å²) in [5.41, 5.74) is 2.37. The Labute approximate surface area is 121 Å². The van der Waals surface area contributed by atoms with Crippen LogP contribution in [0.5, 0.6) is 0 Å². The van der Waals surface area contributed by atoms with E-state index in [0.717, 1.165) is 10.2 Å². The Balaban J connectivity index is 2.12. The van der Waals surface area contributed by atoms with Crippen molar-refractivity contribution >= 4 is 17.3 Å². The first-order valence-electron chi connectivity index (χ1n) is 6.27. The van der Waals surface area contributed by atoms with E-state index in [-0.39, 0.29) is 18.2 Å². The van der Waals surface area contributed by atoms with Crippen LogP contribution in [0, 0.1) is 6.92 Å². The second kappa shape index (κ2) is 6.54. The molecule has 0 bridgehead atoms. The molecule has 5 nitrogen and oxygen atoms in total. The molecule has 0 fully saturated rings. The maximum absolute atomic E-state index is 11.9. The van der Waals surface area contributed by atoms with E-state index in [1.165, 1.54) is 11.8 Å². The SMILES string of the molecule is Cc1ccc(CNc2cnn(CCO)c(=O)c2Cl)cc1. The van der Waals surface area contributed by atoms with Gasteiger partial charge in [0.05, 0.1) is 25.0 Å². The fraction of sp³-hybridized carbons (Fsp3) is 0.286. The number of rotatable bonds is 5. The predicted octanol–water partition coefficient (Wildman–Crippen LogP) is 1.81. The zero-order chi connectivity index (χ0) is 14.5. The average Bonchev–Trinajstić information content (AvgIpc) is 2.45. The van der Waals surface area contributed by atoms with Gasteiger partial charge in [-0.15, -0.1) is 0 Å². The van der Waals surface area contributed by atoms with E-state index in [0.29, 0.717) is 12.2 Å². The fourth-order valence-electron chi connectivity index (χ4n) is 1.75. The standard InChI is InChI=1S/C14H16ClN3O2/c1-10-2-4-11(5-3-10)8-16-12-9-17-18(6-7-19)14(20)13(12)15/h2-5,9,16,19H,6-8H2,1H3. The van der Waals surface area contributed by atoms with Crippen LogP contribution in [0.1, 0.15) is 11.1 Å². The normalized spacial score (nSPS) is 10.6. The van der Waals surface area contributed by atoms with E-state index in [4.69, 9.17) is 16.7 Å². The van der Waals surface area contributed by atoms with Gasteiger partial charge in [-0.1, -0.05) is 41.4 Å². The van der Waals surface area contributed by atoms with Crippen molar-refractivity contribution in [2.75, 3.05) is 11.9 Å². The molecule has 0 radical (unpaired) electrons. The first-order chi connectivity index (χ1) is 9.61. The van der Waals surface area contributed by atoms with Crippen LogP contribution in [0.25, 0.3) is 0 Å². The van der Waals surface area contributed by atoms with Gasteiger partial charge in [0, 0.05) is 6.54 Å². The Kier molecular flexibility index (Phi) is 4.76. The number of nitrogens with zero attached hydrogens (tertiary/aromatic N) is 2. The number of aromatic nitrogens is 2. The Morgan fingerprint density at radius 1 is 1.35 bits per heavy atom. The Morgan fingerprint density at radius 2 is 2.05 bits per heavy atom. The van der Waals surface area contributed by atoms with Crippen LogP contribution >= 0.6 is 11.6 Å². The molecular weight excluding hydrogens is 278 g/mol. The van der Waals surface area contributed by atoms with Crippen LogP contribution in [0.15, 0.2) is 35.3 Å². The van der Waals surface area contributed by atoms with E-state index in [1.807, 2.05) is 31.2 Å². The molecule has 0 unspecified atom stereocenters. The molecule has 1 heterocycles. The molecule has 0 saturated heterocycles. The summed E-state index contributed by atoms with van der Waals surface area (Å²) in [7, 11) is 0. The van der Waals surface area contributed by atoms with Crippen LogP contribution in [0.2, 0.25) is 5.02 Å². The first kappa shape index (κ1) is 14.6. The van der Waals surface area contributed by atoms with E-state index < -0.39 is 5.56 Å². The molecule has 0 atom stereocenters. The van der Waals surface area contributed by atoms with Gasteiger partial charge in [0.15, 0.2) is 0 Å². The largest absolute Gasteiger partial charge is 0.394 e. The number of hydrogen-bond acceptors (Lipinski definition) is 4. The van der Waals surface area contributed by atoms with Crippen molar-refractivity contribution in [3.63, 3.8) is 0 Å². The van der Waals surface area contributed by atoms with Gasteiger partial charge in [0.25, 0.3) is 5.56 Å². The van der Waals surface area contributed by atoms with Gasteiger partial charge >= 0.3 is 0 Å². The summed E-state index contributed by atoms with van der Waals surface area (Å²) < 4.78 is 1.14. The molecule has 2 N–H and O–H groups in total. The molecule has 0 aliphatic carbocycles. The molecule has 0 amide bonds. The summed E-state index contributed by atoms with van der Waals surface area (Å²) in [5.74, 6) is 0. The zero-order valence-electron chi connectivity index (χ0n) is 11.1. The summed E-state index contributed by atoms with van der Waals surface area (Å²) in [5, 5.41) is 15.9. The average molecular weight is 294 g/mol. The number of benzene rings is 1. The molecule has 2 rings (SSSR count). The highest BCUT2D eigenvalue weighted by atomic mass is 35.5. The minimum absolute atomic E-state index is 0.0839. The van der Waals surface area contributed by atoms with Crippen molar-refractivity contribution in [1.82, 2.24) is 9.78 Å². The van der Waals surface area contributed by atoms with Crippen LogP contribution in [0.3, 0.4) is 0 Å². The van der Waals surface area contributed by atoms with Gasteiger partial charge < -0.3 is 10.4 Å². The zero-order valence-corrected chi connectivity index (χ0v) is 11.9. The molecular formula is C14H16ClN3O2. The molecule has 106 valence electrons. The number of halogens is 1. The molecule has 0 saturated carbocycles. The second-order valence-electron chi connectivity index (χ2n) is 4.46. The third-order valence-electron chi connectivity index (χ3n) is 2.90. The van der Waals surface area contributed by atoms with Gasteiger partial charge in [-0.25, -0.2) is 4.68 Å². The molecule has 6 heteroatoms. The number of aryl methyl sites for hydroxylation is 1. The van der Waals surface area contributed by atoms with E-state index in [2.05, 4.69) is 10.4 Å². The van der Waals surface area contributed by atoms with Crippen molar-refractivity contribution in [3.05, 3.63) is 57.0 Å². The highest BCUT2D eigenvalue weighted by Gasteiger charge is 2.08. The van der Waals surface area contributed by atoms with Crippen molar-refractivity contribution in [2.24, 2.45) is 0 Å². The Morgan fingerprint density at radius 3 is 2.70 bits per heavy atom. The fourth-order valence-corrected chi connectivity index (χ4v) is 1.96. The minimum atomic E-state index is -0.408. The third kappa shape index (κ3) is 3.37. The maximum atomic E-state index is 11.9. The molecule has 2 aromatic rings. The van der Waals surface area contributed by atoms with Crippen molar-refractivity contribution in [2.45, 2.75) is 20.0 Å². The van der Waals surface area contributed by atoms with E-state index in [9.17, 15) is 4.79 Å². The monoisotopic (exact) mass is 293 g/mol. The summed E-state index contributed by atoms with van der Waals surface area (Å²) in [6.07, 6.45) is 1.49. The van der Waals surface area contributed by atoms with Crippen LogP contribution in [0.4, 0.5) is 5.69 Å². The van der Waals surface area contributed by atoms with Crippen molar-refractivity contribution < 1.29 is 5.11 Å². The van der Waals surface area contributed by atoms with Crippen molar-refractivity contribution in [1.29, 1.82) is 0 Å². The van der Waals surface area contributed by atoms with Gasteiger partial charge in [-0.3, -0.25) is 4.79 Å². The number of nitrogens with one attached hydrogen (secondary N) is 1. The Hall–Kier alpha value is -1.85. The van der Waals surface area contributed by atoms with Gasteiger partial charge in [0.1, 0.15) is 5.02 Å². The first-order valence-corrected chi connectivity index (χ1v) is 6.65. The van der Waals surface area contributed by atoms with Gasteiger partial charge in [-0.2, -0.15) is 5.10 Å². The highest BCUT2D eigenvalue weighted by molar-refractivity contribution is 6.32. The number of aliphatic hydroxyl groups excluding tert-OH is 1. The molecule has 0 aliphatic heterocycles. The maximum Gasteiger partial charge on any atom is 0.287 e. The van der Waals surface area contributed by atoms with Crippen LogP contribution in [-0.2, 0) is 13.1 Å². The van der Waals surface area contributed by atoms with E-state index >= 15 is 0 Å². The smallest absolute Gasteiger partial charge is 0.287 e. The van der Waals surface area contributed by atoms with Crippen LogP contribution < -0.4 is 10.9 Å². The molecule has 0 spiro atoms. The van der Waals surface area contributed by atoms with Crippen LogP contribution in [-0.4, -0.2) is 21.5 Å². The lowest BCUT2D eigenvalue weighted by Gasteiger charge is -2.10. The molecule has 20 heavy (non-hydrogen) atoms. The molecule has 0 aliphatic rings. The topological polar surface area (TPSA) is 67.2 Å². The summed E-state index contributed by atoms with van der Waals surface area (Å²) in [6, 6.07) is 8.07. The molecule has 1 aromatic carbocycles. The summed E-state index contributed by atoms with van der Waals surface area (Å²) in [6.45, 7) is 2.57. The number of anilines is 1. The van der Waals surface area contributed by atoms with Gasteiger partial charge in [0.2, 0.25) is 0 Å². The minimum Gasteiger partial charge on any atom is -0.394 e. The lowest BCUT2D eigenvalue weighted by molar-refractivity contribution is 0.266. The third-order valence-corrected chi connectivity index (χ3v) is 3.27. The number of hydrogen-bond donors (Lipinski definition) is 2. The highest BCUT2D eigenvalue weighted by Crippen LogP contribution is 2.16. The van der Waals surface area contributed by atoms with E-state index in [1.54, 1.807) is 0 Å². The number of aliphatic hydroxyl groups is 1. The second-order valence-corrected chi connectivity index (χ2v) is 4.84. The lowest BCUT2D eigenvalue weighted by atomic mass is 10.1. The predicted molar refractivity (Wildman–Crippen MR) is 79.1 cm³/mol. The summed E-state index contributed by atoms with van der Waals surface area (Å²) >= 11 is 6.01. The quantitative estimate of drug-likeness (QED) is 0.882.